The van der Waals surface area contributed by atoms with Crippen LogP contribution in [0, 0.1) is 21.6 Å². The molecule has 0 radical (unpaired) electrons. The highest BCUT2D eigenvalue weighted by Gasteiger charge is 2.34. The molecule has 0 aromatic heterocycles. The number of rotatable bonds is 2. The molecule has 7 nitrogen and oxygen atoms in total. The monoisotopic (exact) mass is 330 g/mol. The molecule has 3 rings (SSSR count). The number of hydrogen-bond donors (Lipinski definition) is 0. The van der Waals surface area contributed by atoms with E-state index in [1.165, 1.54) is 23.9 Å². The number of aliphatic imine (C=N–C) groups is 1. The van der Waals surface area contributed by atoms with Gasteiger partial charge < -0.3 is 9.64 Å². The molecule has 1 fully saturated rings. The van der Waals surface area contributed by atoms with E-state index in [4.69, 9.17) is 10.00 Å². The van der Waals surface area contributed by atoms with Crippen LogP contribution in [0.25, 0.3) is 5.70 Å². The fourth-order valence-electron chi connectivity index (χ4n) is 2.62. The number of ether oxygens (including phenoxy) is 1. The minimum atomic E-state index is -0.552. The van der Waals surface area contributed by atoms with Crippen molar-refractivity contribution in [3.63, 3.8) is 0 Å². The van der Waals surface area contributed by atoms with E-state index in [0.717, 1.165) is 11.4 Å². The summed E-state index contributed by atoms with van der Waals surface area (Å²) in [5.41, 5.74) is 0.887. The van der Waals surface area contributed by atoms with Crippen LogP contribution in [0.3, 0.4) is 0 Å². The third-order valence-electron chi connectivity index (χ3n) is 3.52. The first kappa shape index (κ1) is 15.4. The highest BCUT2D eigenvalue weighted by atomic mass is 32.2. The number of amidine groups is 1. The molecule has 0 aliphatic carbocycles. The smallest absolute Gasteiger partial charge is 0.270 e. The largest absolute Gasteiger partial charge is 0.483 e. The van der Waals surface area contributed by atoms with Crippen molar-refractivity contribution >= 4 is 28.3 Å². The Morgan fingerprint density at radius 3 is 3.00 bits per heavy atom. The fraction of sp³-hybridized carbons (Fsp3) is 0.333. The van der Waals surface area contributed by atoms with E-state index in [2.05, 4.69) is 4.99 Å². The highest BCUT2D eigenvalue weighted by molar-refractivity contribution is 8.14. The van der Waals surface area contributed by atoms with Crippen LogP contribution in [-0.2, 0) is 0 Å². The van der Waals surface area contributed by atoms with Crippen LogP contribution in [0.1, 0.15) is 19.4 Å². The summed E-state index contributed by atoms with van der Waals surface area (Å²) >= 11 is 1.49. The summed E-state index contributed by atoms with van der Waals surface area (Å²) < 4.78 is 5.90. The first-order valence-corrected chi connectivity index (χ1v) is 7.98. The minimum absolute atomic E-state index is 0.00331. The van der Waals surface area contributed by atoms with Crippen LogP contribution in [0.15, 0.2) is 29.3 Å². The van der Waals surface area contributed by atoms with Crippen molar-refractivity contribution in [3.05, 3.63) is 40.0 Å². The molecule has 0 atom stereocenters. The maximum absolute atomic E-state index is 11.1. The summed E-state index contributed by atoms with van der Waals surface area (Å²) in [4.78, 5) is 16.4. The van der Waals surface area contributed by atoms with Crippen LogP contribution < -0.4 is 4.74 Å². The quantitative estimate of drug-likeness (QED) is 0.470. The number of benzene rings is 1. The van der Waals surface area contributed by atoms with Crippen molar-refractivity contribution in [1.29, 1.82) is 5.26 Å². The van der Waals surface area contributed by atoms with Gasteiger partial charge in [-0.3, -0.25) is 10.1 Å². The lowest BCUT2D eigenvalue weighted by Gasteiger charge is -2.34. The van der Waals surface area contributed by atoms with Gasteiger partial charge in [0.1, 0.15) is 11.4 Å². The van der Waals surface area contributed by atoms with Gasteiger partial charge in [0.2, 0.25) is 6.19 Å². The number of hydrogen-bond acceptors (Lipinski definition) is 6. The predicted octanol–water partition coefficient (Wildman–Crippen LogP) is 2.99. The summed E-state index contributed by atoms with van der Waals surface area (Å²) in [6.07, 6.45) is 3.73. The van der Waals surface area contributed by atoms with Crippen molar-refractivity contribution < 1.29 is 9.66 Å². The minimum Gasteiger partial charge on any atom is -0.483 e. The molecule has 0 N–H and O–H groups in total. The fourth-order valence-corrected chi connectivity index (χ4v) is 3.53. The second kappa shape index (κ2) is 5.59. The van der Waals surface area contributed by atoms with E-state index in [-0.39, 0.29) is 5.69 Å². The number of fused-ring (bicyclic) bond motifs is 1. The number of nitriles is 1. The molecule has 118 valence electrons. The Morgan fingerprint density at radius 1 is 1.52 bits per heavy atom. The van der Waals surface area contributed by atoms with E-state index in [0.29, 0.717) is 23.0 Å². The van der Waals surface area contributed by atoms with Gasteiger partial charge in [0, 0.05) is 30.0 Å². The number of non-ortho nitro benzene ring substituents is 1. The first-order valence-electron chi connectivity index (χ1n) is 6.99. The molecule has 23 heavy (non-hydrogen) atoms. The highest BCUT2D eigenvalue weighted by Crippen LogP contribution is 2.41. The predicted molar refractivity (Wildman–Crippen MR) is 88.0 cm³/mol. The average Bonchev–Trinajstić information content (AvgIpc) is 2.93. The second-order valence-corrected chi connectivity index (χ2v) is 6.73. The molecule has 2 aliphatic heterocycles. The molecule has 0 unspecified atom stereocenters. The molecule has 2 aliphatic rings. The zero-order valence-corrected chi connectivity index (χ0v) is 13.5. The lowest BCUT2D eigenvalue weighted by molar-refractivity contribution is -0.384. The molecule has 1 aromatic carbocycles. The Hall–Kier alpha value is -2.53. The lowest BCUT2D eigenvalue weighted by Crippen LogP contribution is -2.34. The molecular formula is C15H14N4O3S. The van der Waals surface area contributed by atoms with Gasteiger partial charge in [0.25, 0.3) is 5.69 Å². The molecule has 2 heterocycles. The number of nitro groups is 1. The zero-order valence-electron chi connectivity index (χ0n) is 12.6. The van der Waals surface area contributed by atoms with Gasteiger partial charge in [-0.05, 0) is 26.0 Å². The molecule has 0 amide bonds. The molecule has 8 heteroatoms. The van der Waals surface area contributed by atoms with Gasteiger partial charge in [-0.25, -0.2) is 0 Å². The number of nitro benzene ring substituents is 1. The topological polar surface area (TPSA) is 91.8 Å². The van der Waals surface area contributed by atoms with Crippen molar-refractivity contribution in [1.82, 2.24) is 4.90 Å². The van der Waals surface area contributed by atoms with Gasteiger partial charge in [-0.2, -0.15) is 5.26 Å². The van der Waals surface area contributed by atoms with Crippen molar-refractivity contribution in [2.24, 2.45) is 4.99 Å². The Balaban J connectivity index is 2.13. The molecule has 0 bridgehead atoms. The molecular weight excluding hydrogens is 316 g/mol. The van der Waals surface area contributed by atoms with Crippen LogP contribution >= 0.6 is 11.8 Å². The Kier molecular flexibility index (Phi) is 3.74. The maximum Gasteiger partial charge on any atom is 0.270 e. The van der Waals surface area contributed by atoms with Gasteiger partial charge in [-0.1, -0.05) is 11.8 Å². The molecule has 0 spiro atoms. The van der Waals surface area contributed by atoms with E-state index in [9.17, 15) is 10.1 Å². The Morgan fingerprint density at radius 2 is 2.30 bits per heavy atom. The molecule has 1 aromatic rings. The van der Waals surface area contributed by atoms with Crippen LogP contribution in [-0.4, -0.2) is 32.9 Å². The van der Waals surface area contributed by atoms with Crippen LogP contribution in [0.5, 0.6) is 5.75 Å². The third kappa shape index (κ3) is 2.87. The summed E-state index contributed by atoms with van der Waals surface area (Å²) in [6, 6.07) is 4.55. The second-order valence-electron chi connectivity index (χ2n) is 5.67. The summed E-state index contributed by atoms with van der Waals surface area (Å²) in [7, 11) is 0. The van der Waals surface area contributed by atoms with Crippen molar-refractivity contribution in [2.45, 2.75) is 19.4 Å². The normalized spacial score (nSPS) is 20.5. The van der Waals surface area contributed by atoms with Gasteiger partial charge in [0.05, 0.1) is 10.6 Å². The SMILES string of the molecule is CC1(C)C=C(N2CCSC2=NC#N)c2cc([N+](=O)[O-])ccc2O1. The van der Waals surface area contributed by atoms with E-state index in [1.54, 1.807) is 6.07 Å². The van der Waals surface area contributed by atoms with Gasteiger partial charge in [0.15, 0.2) is 5.17 Å². The average molecular weight is 330 g/mol. The number of thioether (sulfide) groups is 1. The van der Waals surface area contributed by atoms with E-state index >= 15 is 0 Å². The van der Waals surface area contributed by atoms with Crippen molar-refractivity contribution in [2.75, 3.05) is 12.3 Å². The first-order chi connectivity index (χ1) is 10.9. The summed E-state index contributed by atoms with van der Waals surface area (Å²) in [6.45, 7) is 4.53. The van der Waals surface area contributed by atoms with Crippen LogP contribution in [0.4, 0.5) is 5.69 Å². The van der Waals surface area contributed by atoms with Crippen LogP contribution in [0.2, 0.25) is 0 Å². The number of nitrogens with zero attached hydrogens (tertiary/aromatic N) is 4. The Bertz CT molecular complexity index is 779. The standard InChI is InChI=1S/C15H14N4O3S/c1-15(2)8-12(18-5-6-23-14(18)17-9-16)11-7-10(19(20)21)3-4-13(11)22-15/h3-4,7-8H,5-6H2,1-2H3. The summed E-state index contributed by atoms with van der Waals surface area (Å²) in [5, 5.41) is 20.5. The van der Waals surface area contributed by atoms with Gasteiger partial charge in [-0.15, -0.1) is 4.99 Å². The molecule has 1 saturated heterocycles. The summed E-state index contributed by atoms with van der Waals surface area (Å²) in [5.74, 6) is 1.40. The molecule has 0 saturated carbocycles. The maximum atomic E-state index is 11.1. The Labute approximate surface area is 137 Å². The van der Waals surface area contributed by atoms with Gasteiger partial charge >= 0.3 is 0 Å². The van der Waals surface area contributed by atoms with E-state index in [1.807, 2.05) is 31.0 Å². The van der Waals surface area contributed by atoms with E-state index < -0.39 is 10.5 Å². The van der Waals surface area contributed by atoms with Crippen molar-refractivity contribution in [3.8, 4) is 11.9 Å². The zero-order chi connectivity index (χ0) is 16.6. The third-order valence-corrected chi connectivity index (χ3v) is 4.48. The lowest BCUT2D eigenvalue weighted by atomic mass is 9.98.